The molecule has 6 rings (SSSR count). The molecule has 0 radical (unpaired) electrons. The van der Waals surface area contributed by atoms with Crippen LogP contribution in [-0.2, 0) is 22.7 Å². The molecule has 2 bridgehead atoms. The van der Waals surface area contributed by atoms with Crippen molar-refractivity contribution in [2.45, 2.75) is 76.7 Å². The number of hydrogen-bond donors (Lipinski definition) is 1. The molecular weight excluding hydrogens is 632 g/mol. The summed E-state index contributed by atoms with van der Waals surface area (Å²) in [4.78, 5) is 22.0. The average molecular weight is 665 g/mol. The van der Waals surface area contributed by atoms with E-state index in [9.17, 15) is 9.18 Å². The van der Waals surface area contributed by atoms with Crippen LogP contribution < -0.4 is 10.1 Å². The standard InChI is InChI=1S/C32H33Cl3FN3O3S/c1-18-8-11-24(36)31(29(18)34)42-13-12-41-17-27-37-15-26(43-27)22-14-20-5-3-7-25(38-20)28(22)32(40)39(21-9-10-21)16-19-4-2-6-23(33)30(19)35/h2,4,6,8,11,15,20-21,25,38H,3,5,7,9-10,12-14,16-17H2,1H3. The van der Waals surface area contributed by atoms with Crippen molar-refractivity contribution in [3.8, 4) is 5.75 Å². The van der Waals surface area contributed by atoms with Gasteiger partial charge in [-0.25, -0.2) is 9.37 Å². The van der Waals surface area contributed by atoms with Crippen LogP contribution in [-0.4, -0.2) is 47.1 Å². The first-order valence-corrected chi connectivity index (χ1v) is 16.6. The van der Waals surface area contributed by atoms with Crippen molar-refractivity contribution in [1.82, 2.24) is 15.2 Å². The lowest BCUT2D eigenvalue weighted by atomic mass is 9.81. The van der Waals surface area contributed by atoms with Crippen molar-refractivity contribution >= 4 is 57.6 Å². The third kappa shape index (κ3) is 6.90. The van der Waals surface area contributed by atoms with Gasteiger partial charge in [0, 0.05) is 36.4 Å². The molecule has 1 amide bonds. The number of thiazole rings is 1. The summed E-state index contributed by atoms with van der Waals surface area (Å²) in [6, 6.07) is 9.09. The van der Waals surface area contributed by atoms with E-state index in [1.807, 2.05) is 23.2 Å². The smallest absolute Gasteiger partial charge is 0.252 e. The predicted molar refractivity (Wildman–Crippen MR) is 170 cm³/mol. The number of nitrogens with one attached hydrogen (secondary N) is 1. The van der Waals surface area contributed by atoms with E-state index in [0.717, 1.165) is 70.7 Å². The van der Waals surface area contributed by atoms with Crippen molar-refractivity contribution in [3.63, 3.8) is 0 Å². The fourth-order valence-corrected chi connectivity index (χ4v) is 7.40. The van der Waals surface area contributed by atoms with Gasteiger partial charge in [-0.15, -0.1) is 11.3 Å². The van der Waals surface area contributed by atoms with E-state index < -0.39 is 5.82 Å². The SMILES string of the molecule is Cc1ccc(F)c(OCCOCc2ncc(C3=C(C(=O)N(Cc4cccc(Cl)c4Cl)C4CC4)C4CCCC(C3)N4)s2)c1Cl. The van der Waals surface area contributed by atoms with Gasteiger partial charge in [0.1, 0.15) is 11.6 Å². The summed E-state index contributed by atoms with van der Waals surface area (Å²) >= 11 is 20.6. The molecule has 2 fully saturated rings. The topological polar surface area (TPSA) is 63.7 Å². The molecule has 3 heterocycles. The van der Waals surface area contributed by atoms with E-state index in [1.165, 1.54) is 6.07 Å². The third-order valence-electron chi connectivity index (χ3n) is 8.25. The first-order chi connectivity index (χ1) is 20.8. The lowest BCUT2D eigenvalue weighted by Gasteiger charge is -2.40. The summed E-state index contributed by atoms with van der Waals surface area (Å²) in [5.41, 5.74) is 3.54. The van der Waals surface area contributed by atoms with Gasteiger partial charge in [-0.1, -0.05) is 53.0 Å². The molecule has 3 aromatic rings. The monoisotopic (exact) mass is 663 g/mol. The Labute approximate surface area is 270 Å². The fourth-order valence-electron chi connectivity index (χ4n) is 5.89. The number of nitrogens with zero attached hydrogens (tertiary/aromatic N) is 2. The normalized spacial score (nSPS) is 19.9. The van der Waals surface area contributed by atoms with Crippen LogP contribution in [0.1, 0.15) is 59.5 Å². The Bertz CT molecular complexity index is 1540. The van der Waals surface area contributed by atoms with Crippen LogP contribution in [0.2, 0.25) is 15.1 Å². The Hall–Kier alpha value is -2.20. The third-order valence-corrected chi connectivity index (χ3v) is 10.6. The lowest BCUT2D eigenvalue weighted by Crippen LogP contribution is -2.51. The number of aryl methyl sites for hydroxylation is 1. The van der Waals surface area contributed by atoms with Crippen LogP contribution in [0, 0.1) is 12.7 Å². The molecule has 228 valence electrons. The zero-order valence-electron chi connectivity index (χ0n) is 23.8. The Morgan fingerprint density at radius 1 is 1.12 bits per heavy atom. The van der Waals surface area contributed by atoms with Crippen LogP contribution in [0.4, 0.5) is 4.39 Å². The maximum Gasteiger partial charge on any atom is 0.252 e. The first-order valence-electron chi connectivity index (χ1n) is 14.6. The molecule has 1 saturated carbocycles. The second-order valence-electron chi connectivity index (χ2n) is 11.3. The highest BCUT2D eigenvalue weighted by Gasteiger charge is 2.41. The predicted octanol–water partition coefficient (Wildman–Crippen LogP) is 8.01. The Morgan fingerprint density at radius 2 is 1.95 bits per heavy atom. The van der Waals surface area contributed by atoms with E-state index >= 15 is 0 Å². The fraction of sp³-hybridized carbons (Fsp3) is 0.438. The molecule has 1 saturated heterocycles. The van der Waals surface area contributed by atoms with Crippen molar-refractivity contribution in [2.75, 3.05) is 13.2 Å². The summed E-state index contributed by atoms with van der Waals surface area (Å²) in [7, 11) is 0. The van der Waals surface area contributed by atoms with Gasteiger partial charge in [-0.2, -0.15) is 0 Å². The van der Waals surface area contributed by atoms with Crippen LogP contribution in [0.5, 0.6) is 5.75 Å². The van der Waals surface area contributed by atoms with Crippen molar-refractivity contribution in [2.24, 2.45) is 0 Å². The number of carbonyl (C=O) groups is 1. The zero-order chi connectivity index (χ0) is 30.1. The summed E-state index contributed by atoms with van der Waals surface area (Å²) in [6.45, 7) is 2.93. The molecule has 0 spiro atoms. The number of halogens is 4. The van der Waals surface area contributed by atoms with Gasteiger partial charge in [-0.05, 0) is 74.3 Å². The Balaban J connectivity index is 1.17. The number of fused-ring (bicyclic) bond motifs is 2. The van der Waals surface area contributed by atoms with Crippen molar-refractivity contribution in [3.05, 3.63) is 84.0 Å². The molecule has 43 heavy (non-hydrogen) atoms. The second kappa shape index (κ2) is 13.4. The van der Waals surface area contributed by atoms with E-state index in [2.05, 4.69) is 10.3 Å². The summed E-state index contributed by atoms with van der Waals surface area (Å²) in [6.07, 6.45) is 7.74. The van der Waals surface area contributed by atoms with Gasteiger partial charge in [0.05, 0.1) is 33.2 Å². The van der Waals surface area contributed by atoms with Crippen LogP contribution >= 0.6 is 46.1 Å². The number of benzene rings is 2. The number of piperidine rings is 1. The molecule has 2 aliphatic heterocycles. The van der Waals surface area contributed by atoms with E-state index in [0.29, 0.717) is 29.2 Å². The number of carbonyl (C=O) groups excluding carboxylic acids is 1. The first kappa shape index (κ1) is 30.8. The van der Waals surface area contributed by atoms with Crippen LogP contribution in [0.3, 0.4) is 0 Å². The molecule has 1 aliphatic carbocycles. The molecule has 1 aromatic heterocycles. The number of aromatic nitrogens is 1. The van der Waals surface area contributed by atoms with Crippen molar-refractivity contribution < 1.29 is 18.7 Å². The maximum atomic E-state index is 14.4. The Morgan fingerprint density at radius 3 is 2.77 bits per heavy atom. The minimum atomic E-state index is -0.499. The number of rotatable bonds is 11. The van der Waals surface area contributed by atoms with Gasteiger partial charge in [0.2, 0.25) is 0 Å². The minimum Gasteiger partial charge on any atom is -0.487 e. The van der Waals surface area contributed by atoms with Gasteiger partial charge in [0.15, 0.2) is 11.6 Å². The Kier molecular flexibility index (Phi) is 9.62. The molecule has 11 heteroatoms. The van der Waals surface area contributed by atoms with Gasteiger partial charge < -0.3 is 19.7 Å². The molecule has 2 atom stereocenters. The highest BCUT2D eigenvalue weighted by atomic mass is 35.5. The van der Waals surface area contributed by atoms with Crippen LogP contribution in [0.25, 0.3) is 5.57 Å². The second-order valence-corrected chi connectivity index (χ2v) is 13.6. The number of hydrogen-bond acceptors (Lipinski definition) is 6. The zero-order valence-corrected chi connectivity index (χ0v) is 26.9. The molecular formula is C32H33Cl3FN3O3S. The molecule has 1 N–H and O–H groups in total. The summed E-state index contributed by atoms with van der Waals surface area (Å²) in [5.74, 6) is -0.390. The lowest BCUT2D eigenvalue weighted by molar-refractivity contribution is -0.128. The summed E-state index contributed by atoms with van der Waals surface area (Å²) in [5, 5.41) is 5.79. The van der Waals surface area contributed by atoms with E-state index in [-0.39, 0.29) is 42.0 Å². The molecule has 2 unspecified atom stereocenters. The number of ether oxygens (including phenoxy) is 2. The molecule has 2 aromatic carbocycles. The van der Waals surface area contributed by atoms with Crippen molar-refractivity contribution in [1.29, 1.82) is 0 Å². The van der Waals surface area contributed by atoms with E-state index in [4.69, 9.17) is 44.3 Å². The molecule has 3 aliphatic rings. The summed E-state index contributed by atoms with van der Waals surface area (Å²) < 4.78 is 25.4. The maximum absolute atomic E-state index is 14.4. The molecule has 6 nitrogen and oxygen atoms in total. The highest BCUT2D eigenvalue weighted by Crippen LogP contribution is 2.41. The highest BCUT2D eigenvalue weighted by molar-refractivity contribution is 7.12. The average Bonchev–Trinajstić information content (AvgIpc) is 3.73. The minimum absolute atomic E-state index is 0.0128. The number of amides is 1. The van der Waals surface area contributed by atoms with Gasteiger partial charge in [0.25, 0.3) is 5.91 Å². The quantitative estimate of drug-likeness (QED) is 0.211. The van der Waals surface area contributed by atoms with Gasteiger partial charge >= 0.3 is 0 Å². The van der Waals surface area contributed by atoms with Gasteiger partial charge in [-0.3, -0.25) is 4.79 Å². The largest absolute Gasteiger partial charge is 0.487 e. The van der Waals surface area contributed by atoms with E-state index in [1.54, 1.807) is 30.4 Å². The van der Waals surface area contributed by atoms with Crippen LogP contribution in [0.15, 0.2) is 42.1 Å².